The summed E-state index contributed by atoms with van der Waals surface area (Å²) in [6.45, 7) is 5.94. The predicted molar refractivity (Wildman–Crippen MR) is 141 cm³/mol. The third kappa shape index (κ3) is 8.37. The van der Waals surface area contributed by atoms with Crippen molar-refractivity contribution in [1.82, 2.24) is 25.1 Å². The zero-order valence-electron chi connectivity index (χ0n) is 21.0. The quantitative estimate of drug-likeness (QED) is 0.246. The summed E-state index contributed by atoms with van der Waals surface area (Å²) in [6, 6.07) is 14.1. The third-order valence-corrected chi connectivity index (χ3v) is 5.55. The van der Waals surface area contributed by atoms with Crippen LogP contribution in [0, 0.1) is 6.92 Å². The van der Waals surface area contributed by atoms with Gasteiger partial charge in [-0.2, -0.15) is 5.10 Å². The number of benzene rings is 1. The van der Waals surface area contributed by atoms with E-state index in [1.54, 1.807) is 0 Å². The van der Waals surface area contributed by atoms with Gasteiger partial charge in [0.05, 0.1) is 0 Å². The van der Waals surface area contributed by atoms with Gasteiger partial charge in [0, 0.05) is 44.0 Å². The van der Waals surface area contributed by atoms with Gasteiger partial charge in [-0.3, -0.25) is 5.10 Å². The first-order valence-electron chi connectivity index (χ1n) is 11.8. The van der Waals surface area contributed by atoms with Crippen LogP contribution in [0.3, 0.4) is 0 Å². The fraction of sp³-hybridized carbons (Fsp3) is 0.320. The average molecular weight is 526 g/mol. The van der Waals surface area contributed by atoms with Crippen molar-refractivity contribution in [3.8, 4) is 0 Å². The number of aromatic amines is 1. The van der Waals surface area contributed by atoms with Gasteiger partial charge in [-0.15, -0.1) is 0 Å². The maximum Gasteiger partial charge on any atom is 0.335 e. The summed E-state index contributed by atoms with van der Waals surface area (Å²) in [7, 11) is 2.15. The summed E-state index contributed by atoms with van der Waals surface area (Å²) in [5.74, 6) is -0.438. The zero-order valence-corrected chi connectivity index (χ0v) is 21.0. The molecule has 2 unspecified atom stereocenters. The number of likely N-dealkylation sites (N-methyl/N-ethyl adjacent to an activating group) is 1. The molecule has 202 valence electrons. The number of piperazine rings is 1. The number of aliphatic carboxylic acids is 2. The topological polar surface area (TPSA) is 188 Å². The Kier molecular flexibility index (Phi) is 9.87. The minimum atomic E-state index is -2.27. The van der Waals surface area contributed by atoms with E-state index in [-0.39, 0.29) is 0 Å². The molecular weight excluding hydrogens is 494 g/mol. The summed E-state index contributed by atoms with van der Waals surface area (Å²) in [5, 5.41) is 43.0. The van der Waals surface area contributed by atoms with E-state index in [1.807, 2.05) is 49.4 Å². The molecule has 1 aliphatic heterocycles. The molecule has 38 heavy (non-hydrogen) atoms. The molecular formula is C25H31N7O6. The van der Waals surface area contributed by atoms with E-state index in [0.29, 0.717) is 5.82 Å². The molecule has 2 atom stereocenters. The lowest BCUT2D eigenvalue weighted by Gasteiger charge is -2.33. The molecule has 1 aromatic carbocycles. The number of aliphatic hydroxyl groups is 2. The number of carboxylic acids is 2. The van der Waals surface area contributed by atoms with Crippen molar-refractivity contribution >= 4 is 41.5 Å². The van der Waals surface area contributed by atoms with Gasteiger partial charge >= 0.3 is 11.9 Å². The van der Waals surface area contributed by atoms with Gasteiger partial charge in [-0.1, -0.05) is 36.4 Å². The number of hydrogen-bond donors (Lipinski definition) is 6. The minimum absolute atomic E-state index is 0.676. The molecule has 3 heterocycles. The molecule has 3 aromatic rings. The molecule has 0 radical (unpaired) electrons. The highest BCUT2D eigenvalue weighted by Gasteiger charge is 2.29. The maximum atomic E-state index is 9.77. The third-order valence-electron chi connectivity index (χ3n) is 5.55. The second kappa shape index (κ2) is 13.3. The molecule has 1 aliphatic rings. The van der Waals surface area contributed by atoms with E-state index in [1.165, 1.54) is 0 Å². The molecule has 0 aliphatic carbocycles. The zero-order chi connectivity index (χ0) is 27.7. The summed E-state index contributed by atoms with van der Waals surface area (Å²) in [5.41, 5.74) is 2.12. The number of carboxylic acid groups (broad SMARTS) is 2. The van der Waals surface area contributed by atoms with Crippen molar-refractivity contribution in [2.75, 3.05) is 43.4 Å². The van der Waals surface area contributed by atoms with Crippen molar-refractivity contribution in [1.29, 1.82) is 0 Å². The Bertz CT molecular complexity index is 1220. The second-order valence-electron chi connectivity index (χ2n) is 8.63. The minimum Gasteiger partial charge on any atom is -0.479 e. The monoisotopic (exact) mass is 525 g/mol. The molecule has 1 fully saturated rings. The Morgan fingerprint density at radius 1 is 0.947 bits per heavy atom. The van der Waals surface area contributed by atoms with Crippen LogP contribution in [0.2, 0.25) is 0 Å². The smallest absolute Gasteiger partial charge is 0.335 e. The highest BCUT2D eigenvalue weighted by atomic mass is 16.4. The van der Waals surface area contributed by atoms with Crippen LogP contribution in [-0.2, 0) is 9.59 Å². The van der Waals surface area contributed by atoms with Gasteiger partial charge in [0.2, 0.25) is 0 Å². The summed E-state index contributed by atoms with van der Waals surface area (Å²) >= 11 is 0. The molecule has 0 amide bonds. The van der Waals surface area contributed by atoms with Gasteiger partial charge in [0.1, 0.15) is 11.6 Å². The van der Waals surface area contributed by atoms with Crippen LogP contribution >= 0.6 is 0 Å². The Morgan fingerprint density at radius 2 is 1.58 bits per heavy atom. The second-order valence-corrected chi connectivity index (χ2v) is 8.63. The number of rotatable bonds is 8. The summed E-state index contributed by atoms with van der Waals surface area (Å²) < 4.78 is 0. The first-order valence-corrected chi connectivity index (χ1v) is 11.8. The lowest BCUT2D eigenvalue weighted by molar-refractivity contribution is -0.165. The highest BCUT2D eigenvalue weighted by molar-refractivity contribution is 5.83. The van der Waals surface area contributed by atoms with Crippen LogP contribution in [0.1, 0.15) is 17.1 Å². The van der Waals surface area contributed by atoms with E-state index >= 15 is 0 Å². The van der Waals surface area contributed by atoms with Gasteiger partial charge in [-0.25, -0.2) is 19.6 Å². The molecule has 2 aromatic heterocycles. The number of aryl methyl sites for hydroxylation is 1. The Hall–Kier alpha value is -4.33. The van der Waals surface area contributed by atoms with E-state index in [0.717, 1.165) is 54.9 Å². The number of aromatic nitrogens is 4. The number of carbonyl (C=O) groups is 2. The number of nitrogens with one attached hydrogen (secondary N) is 2. The summed E-state index contributed by atoms with van der Waals surface area (Å²) in [6.07, 6.45) is -0.545. The molecule has 6 N–H and O–H groups in total. The van der Waals surface area contributed by atoms with Crippen molar-refractivity contribution < 1.29 is 30.0 Å². The molecule has 1 saturated heterocycles. The fourth-order valence-electron chi connectivity index (χ4n) is 3.41. The Balaban J connectivity index is 0.000000342. The van der Waals surface area contributed by atoms with E-state index in [2.05, 4.69) is 49.5 Å². The van der Waals surface area contributed by atoms with Crippen molar-refractivity contribution in [2.24, 2.45) is 0 Å². The first-order chi connectivity index (χ1) is 18.1. The van der Waals surface area contributed by atoms with E-state index in [4.69, 9.17) is 25.4 Å². The van der Waals surface area contributed by atoms with Gasteiger partial charge in [0.15, 0.2) is 23.9 Å². The van der Waals surface area contributed by atoms with Crippen molar-refractivity contribution in [3.63, 3.8) is 0 Å². The predicted octanol–water partition coefficient (Wildman–Crippen LogP) is 1.05. The lowest BCUT2D eigenvalue weighted by Crippen LogP contribution is -2.44. The molecule has 13 nitrogen and oxygen atoms in total. The van der Waals surface area contributed by atoms with Crippen molar-refractivity contribution in [3.05, 3.63) is 59.5 Å². The highest BCUT2D eigenvalue weighted by Crippen LogP contribution is 2.21. The maximum absolute atomic E-state index is 9.77. The summed E-state index contributed by atoms with van der Waals surface area (Å²) in [4.78, 5) is 33.6. The molecule has 4 rings (SSSR count). The largest absolute Gasteiger partial charge is 0.479 e. The van der Waals surface area contributed by atoms with Crippen LogP contribution < -0.4 is 10.2 Å². The molecule has 0 bridgehead atoms. The molecule has 13 heteroatoms. The number of nitrogens with zero attached hydrogens (tertiary/aromatic N) is 5. The van der Waals surface area contributed by atoms with Crippen LogP contribution in [0.25, 0.3) is 12.2 Å². The van der Waals surface area contributed by atoms with Crippen LogP contribution in [0.5, 0.6) is 0 Å². The average Bonchev–Trinajstić information content (AvgIpc) is 3.32. The Labute approximate surface area is 219 Å². The normalized spacial score (nSPS) is 15.4. The fourth-order valence-corrected chi connectivity index (χ4v) is 3.41. The van der Waals surface area contributed by atoms with Gasteiger partial charge in [0.25, 0.3) is 0 Å². The standard InChI is InChI=1S/C21H25N7.C4H6O6/c1-16-14-20(26-25-16)23-19-15-21(28-12-10-27(2)11-13-28)24-18(22-19)9-8-17-6-4-3-5-7-17;5-1(3(7)8)2(6)4(9)10/h3-9,14-15H,10-13H2,1-2H3,(H2,22,23,24,25,26);1-2,5-6H,(H,7,8)(H,9,10)/b9-8+;. The lowest BCUT2D eigenvalue weighted by atomic mass is 10.2. The van der Waals surface area contributed by atoms with Crippen molar-refractivity contribution in [2.45, 2.75) is 19.1 Å². The van der Waals surface area contributed by atoms with Crippen LogP contribution in [0.4, 0.5) is 17.5 Å². The first kappa shape index (κ1) is 28.2. The van der Waals surface area contributed by atoms with E-state index < -0.39 is 24.1 Å². The van der Waals surface area contributed by atoms with Gasteiger partial charge in [-0.05, 0) is 25.6 Å². The van der Waals surface area contributed by atoms with Crippen LogP contribution in [0.15, 0.2) is 42.5 Å². The molecule has 0 saturated carbocycles. The Morgan fingerprint density at radius 3 is 2.13 bits per heavy atom. The van der Waals surface area contributed by atoms with Gasteiger partial charge < -0.3 is 35.5 Å². The number of anilines is 3. The number of hydrogen-bond acceptors (Lipinski definition) is 10. The molecule has 0 spiro atoms. The SMILES string of the molecule is Cc1cc(Nc2cc(N3CCN(C)CC3)nc(/C=C/c3ccccc3)n2)n[nH]1.O=C(O)C(O)C(O)C(=O)O. The number of H-pyrrole nitrogens is 1. The number of aliphatic hydroxyl groups excluding tert-OH is 2. The van der Waals surface area contributed by atoms with E-state index in [9.17, 15) is 9.59 Å². The van der Waals surface area contributed by atoms with Crippen LogP contribution in [-0.4, -0.2) is 103 Å².